The van der Waals surface area contributed by atoms with E-state index < -0.39 is 0 Å². The Bertz CT molecular complexity index is 627. The molecule has 6 heteroatoms. The number of halogens is 2. The van der Waals surface area contributed by atoms with Crippen molar-refractivity contribution in [2.24, 2.45) is 0 Å². The highest BCUT2D eigenvalue weighted by molar-refractivity contribution is 9.10. The topological polar surface area (TPSA) is 32.3 Å². The molecule has 1 aromatic heterocycles. The highest BCUT2D eigenvalue weighted by Gasteiger charge is 2.13. The molecule has 0 aliphatic heterocycles. The maximum atomic E-state index is 12.0. The second kappa shape index (κ2) is 6.61. The Morgan fingerprint density at radius 1 is 1.40 bits per heavy atom. The first-order valence-electron chi connectivity index (χ1n) is 5.95. The summed E-state index contributed by atoms with van der Waals surface area (Å²) in [6.07, 6.45) is 0. The molecule has 0 saturated heterocycles. The van der Waals surface area contributed by atoms with Crippen LogP contribution in [0.3, 0.4) is 0 Å². The van der Waals surface area contributed by atoms with Crippen LogP contribution in [-0.2, 0) is 6.54 Å². The van der Waals surface area contributed by atoms with E-state index in [1.54, 1.807) is 37.6 Å². The Hall–Kier alpha value is -1.04. The smallest absolute Gasteiger partial charge is 0.254 e. The molecule has 106 valence electrons. The summed E-state index contributed by atoms with van der Waals surface area (Å²) in [5.41, 5.74) is 1.39. The van der Waals surface area contributed by atoms with Crippen LogP contribution < -0.4 is 5.32 Å². The van der Waals surface area contributed by atoms with Gasteiger partial charge in [-0.05, 0) is 40.2 Å². The maximum absolute atomic E-state index is 12.0. The van der Waals surface area contributed by atoms with Gasteiger partial charge in [0.1, 0.15) is 0 Å². The zero-order chi connectivity index (χ0) is 14.7. The third-order valence-electron chi connectivity index (χ3n) is 2.69. The van der Waals surface area contributed by atoms with Crippen LogP contribution in [0.15, 0.2) is 34.1 Å². The van der Waals surface area contributed by atoms with Gasteiger partial charge < -0.3 is 10.2 Å². The van der Waals surface area contributed by atoms with E-state index in [0.29, 0.717) is 17.1 Å². The normalized spacial score (nSPS) is 10.4. The lowest BCUT2D eigenvalue weighted by atomic mass is 10.1. The van der Waals surface area contributed by atoms with Crippen molar-refractivity contribution in [3.05, 3.63) is 49.6 Å². The molecule has 2 rings (SSSR count). The van der Waals surface area contributed by atoms with E-state index in [1.165, 1.54) is 9.78 Å². The van der Waals surface area contributed by atoms with E-state index in [1.807, 2.05) is 11.4 Å². The molecule has 2 aromatic rings. The fourth-order valence-corrected chi connectivity index (χ4v) is 3.26. The van der Waals surface area contributed by atoms with Crippen LogP contribution in [0.1, 0.15) is 15.2 Å². The number of thiophene rings is 1. The fourth-order valence-electron chi connectivity index (χ4n) is 1.68. The van der Waals surface area contributed by atoms with E-state index in [0.717, 1.165) is 10.2 Å². The molecule has 0 bridgehead atoms. The summed E-state index contributed by atoms with van der Waals surface area (Å²) in [7, 11) is 3.42. The van der Waals surface area contributed by atoms with Crippen molar-refractivity contribution in [1.82, 2.24) is 4.90 Å². The Morgan fingerprint density at radius 2 is 2.15 bits per heavy atom. The lowest BCUT2D eigenvalue weighted by Crippen LogP contribution is -2.22. The monoisotopic (exact) mass is 372 g/mol. The van der Waals surface area contributed by atoms with Crippen molar-refractivity contribution in [2.75, 3.05) is 19.4 Å². The van der Waals surface area contributed by atoms with Gasteiger partial charge in [0.2, 0.25) is 0 Å². The summed E-state index contributed by atoms with van der Waals surface area (Å²) in [5, 5.41) is 5.80. The summed E-state index contributed by atoms with van der Waals surface area (Å²) < 4.78 is 1.08. The van der Waals surface area contributed by atoms with Gasteiger partial charge in [0, 0.05) is 41.1 Å². The zero-order valence-corrected chi connectivity index (χ0v) is 14.3. The van der Waals surface area contributed by atoms with Gasteiger partial charge in [-0.1, -0.05) is 11.6 Å². The van der Waals surface area contributed by atoms with Crippen LogP contribution in [0.4, 0.5) is 5.69 Å². The molecule has 0 aliphatic rings. The summed E-state index contributed by atoms with van der Waals surface area (Å²) in [4.78, 5) is 14.7. The second-order valence-corrected chi connectivity index (χ2v) is 6.80. The highest BCUT2D eigenvalue weighted by atomic mass is 79.9. The van der Waals surface area contributed by atoms with Gasteiger partial charge in [-0.2, -0.15) is 0 Å². The van der Waals surface area contributed by atoms with Crippen LogP contribution >= 0.6 is 38.9 Å². The third-order valence-corrected chi connectivity index (χ3v) is 4.72. The van der Waals surface area contributed by atoms with E-state index in [2.05, 4.69) is 27.3 Å². The highest BCUT2D eigenvalue weighted by Crippen LogP contribution is 2.24. The number of hydrogen-bond acceptors (Lipinski definition) is 3. The minimum atomic E-state index is -0.0995. The first-order valence-corrected chi connectivity index (χ1v) is 8.00. The van der Waals surface area contributed by atoms with Gasteiger partial charge in [-0.25, -0.2) is 0 Å². The number of carbonyl (C=O) groups excluding carboxylic acids is 1. The van der Waals surface area contributed by atoms with Crippen molar-refractivity contribution in [3.63, 3.8) is 0 Å². The molecule has 20 heavy (non-hydrogen) atoms. The van der Waals surface area contributed by atoms with E-state index in [-0.39, 0.29) is 5.91 Å². The molecule has 0 fully saturated rings. The van der Waals surface area contributed by atoms with Gasteiger partial charge in [-0.3, -0.25) is 4.79 Å². The largest absolute Gasteiger partial charge is 0.380 e. The van der Waals surface area contributed by atoms with Gasteiger partial charge in [0.15, 0.2) is 0 Å². The predicted octanol–water partition coefficient (Wildman–Crippen LogP) is 4.48. The SMILES string of the molecule is CN(C)C(=O)c1cc(NCc2cc(Br)cs2)ccc1Cl. The van der Waals surface area contributed by atoms with E-state index in [9.17, 15) is 4.79 Å². The first-order chi connectivity index (χ1) is 9.47. The molecule has 1 amide bonds. The van der Waals surface area contributed by atoms with Crippen molar-refractivity contribution in [1.29, 1.82) is 0 Å². The number of amides is 1. The molecule has 0 aliphatic carbocycles. The second-order valence-electron chi connectivity index (χ2n) is 4.48. The lowest BCUT2D eigenvalue weighted by Gasteiger charge is -2.13. The van der Waals surface area contributed by atoms with Crippen molar-refractivity contribution in [2.45, 2.75) is 6.54 Å². The van der Waals surface area contributed by atoms with Crippen LogP contribution in [0, 0.1) is 0 Å². The number of rotatable bonds is 4. The van der Waals surface area contributed by atoms with Crippen molar-refractivity contribution in [3.8, 4) is 0 Å². The Balaban J connectivity index is 2.13. The maximum Gasteiger partial charge on any atom is 0.254 e. The molecule has 1 heterocycles. The Kier molecular flexibility index (Phi) is 5.07. The zero-order valence-electron chi connectivity index (χ0n) is 11.1. The fraction of sp³-hybridized carbons (Fsp3) is 0.214. The van der Waals surface area contributed by atoms with Gasteiger partial charge in [0.25, 0.3) is 5.91 Å². The van der Waals surface area contributed by atoms with Crippen LogP contribution in [0.5, 0.6) is 0 Å². The van der Waals surface area contributed by atoms with Gasteiger partial charge in [-0.15, -0.1) is 11.3 Å². The predicted molar refractivity (Wildman–Crippen MR) is 88.8 cm³/mol. The van der Waals surface area contributed by atoms with Crippen molar-refractivity contribution >= 4 is 50.5 Å². The summed E-state index contributed by atoms with van der Waals surface area (Å²) >= 11 is 11.2. The first kappa shape index (κ1) is 15.4. The summed E-state index contributed by atoms with van der Waals surface area (Å²) in [6, 6.07) is 7.47. The summed E-state index contributed by atoms with van der Waals surface area (Å²) in [5.74, 6) is -0.0995. The minimum Gasteiger partial charge on any atom is -0.380 e. The van der Waals surface area contributed by atoms with E-state index in [4.69, 9.17) is 11.6 Å². The van der Waals surface area contributed by atoms with Crippen LogP contribution in [0.25, 0.3) is 0 Å². The quantitative estimate of drug-likeness (QED) is 0.857. The average Bonchev–Trinajstić information content (AvgIpc) is 2.82. The van der Waals surface area contributed by atoms with E-state index >= 15 is 0 Å². The van der Waals surface area contributed by atoms with Gasteiger partial charge in [0.05, 0.1) is 10.6 Å². The standard InChI is InChI=1S/C14H14BrClN2OS/c1-18(2)14(19)12-6-10(3-4-13(12)16)17-7-11-5-9(15)8-20-11/h3-6,8,17H,7H2,1-2H3. The van der Waals surface area contributed by atoms with Crippen LogP contribution in [0.2, 0.25) is 5.02 Å². The molecule has 0 atom stereocenters. The Morgan fingerprint density at radius 3 is 2.75 bits per heavy atom. The number of hydrogen-bond donors (Lipinski definition) is 1. The number of benzene rings is 1. The Labute approximate surface area is 135 Å². The molecule has 0 radical (unpaired) electrons. The molecule has 1 N–H and O–H groups in total. The lowest BCUT2D eigenvalue weighted by molar-refractivity contribution is 0.0828. The molecule has 0 spiro atoms. The number of nitrogens with one attached hydrogen (secondary N) is 1. The van der Waals surface area contributed by atoms with Gasteiger partial charge >= 0.3 is 0 Å². The molecule has 3 nitrogen and oxygen atoms in total. The average molecular weight is 374 g/mol. The molecular weight excluding hydrogens is 360 g/mol. The summed E-state index contributed by atoms with van der Waals surface area (Å²) in [6.45, 7) is 0.716. The molecule has 0 unspecified atom stereocenters. The number of nitrogens with zero attached hydrogens (tertiary/aromatic N) is 1. The number of carbonyl (C=O) groups is 1. The molecule has 1 aromatic carbocycles. The molecular formula is C14H14BrClN2OS. The molecule has 0 saturated carbocycles. The minimum absolute atomic E-state index is 0.0995. The van der Waals surface area contributed by atoms with Crippen LogP contribution in [-0.4, -0.2) is 24.9 Å². The van der Waals surface area contributed by atoms with Crippen molar-refractivity contribution < 1.29 is 4.79 Å². The number of anilines is 1. The third kappa shape index (κ3) is 3.75.